The minimum atomic E-state index is -0.790. The number of rotatable bonds is 8. The van der Waals surface area contributed by atoms with Crippen LogP contribution in [-0.2, 0) is 14.4 Å². The Labute approximate surface area is 211 Å². The molecule has 0 radical (unpaired) electrons. The third-order valence-corrected chi connectivity index (χ3v) is 10.5. The normalized spacial score (nSPS) is 33.2. The summed E-state index contributed by atoms with van der Waals surface area (Å²) in [5, 5.41) is 16.4. The Balaban J connectivity index is 1.73. The predicted molar refractivity (Wildman–Crippen MR) is 134 cm³/mol. The Bertz CT molecular complexity index is 931. The van der Waals surface area contributed by atoms with Crippen molar-refractivity contribution < 1.29 is 19.5 Å². The summed E-state index contributed by atoms with van der Waals surface area (Å²) in [7, 11) is 0. The average molecular weight is 559 g/mol. The van der Waals surface area contributed by atoms with Gasteiger partial charge in [0.15, 0.2) is 0 Å². The second-order valence-corrected chi connectivity index (χ2v) is 12.1. The molecular weight excluding hydrogens is 530 g/mol. The number of alkyl halides is 1. The number of amides is 3. The van der Waals surface area contributed by atoms with Gasteiger partial charge in [0.2, 0.25) is 17.7 Å². The first-order chi connectivity index (χ1) is 15.8. The van der Waals surface area contributed by atoms with Gasteiger partial charge in [0.25, 0.3) is 0 Å². The number of hydrogen-bond acceptors (Lipinski definition) is 5. The minimum absolute atomic E-state index is 0.0175. The van der Waals surface area contributed by atoms with Gasteiger partial charge < -0.3 is 20.6 Å². The van der Waals surface area contributed by atoms with Crippen molar-refractivity contribution in [3.05, 3.63) is 29.3 Å². The molecule has 3 unspecified atom stereocenters. The number of fused-ring (bicyclic) bond motifs is 1. The van der Waals surface area contributed by atoms with E-state index in [1.54, 1.807) is 40.9 Å². The number of likely N-dealkylation sites (tertiary alicyclic amines) is 1. The van der Waals surface area contributed by atoms with Crippen LogP contribution in [-0.4, -0.2) is 67.8 Å². The quantitative estimate of drug-likeness (QED) is 0.426. The molecule has 3 aliphatic heterocycles. The van der Waals surface area contributed by atoms with Crippen molar-refractivity contribution >= 4 is 62.7 Å². The smallest absolute Gasteiger partial charge is 0.248 e. The van der Waals surface area contributed by atoms with Crippen LogP contribution >= 0.6 is 39.3 Å². The third kappa shape index (κ3) is 4.09. The van der Waals surface area contributed by atoms with Crippen molar-refractivity contribution in [2.45, 2.75) is 60.0 Å². The van der Waals surface area contributed by atoms with E-state index in [0.29, 0.717) is 30.1 Å². The summed E-state index contributed by atoms with van der Waals surface area (Å²) in [5.74, 6) is -1.76. The molecule has 1 aromatic carbocycles. The first kappa shape index (κ1) is 24.8. The van der Waals surface area contributed by atoms with E-state index in [0.717, 1.165) is 6.42 Å². The zero-order chi connectivity index (χ0) is 23.9. The number of anilines is 1. The lowest BCUT2D eigenvalue weighted by molar-refractivity contribution is -0.142. The molecule has 10 heteroatoms. The van der Waals surface area contributed by atoms with Crippen LogP contribution in [0.4, 0.5) is 5.69 Å². The van der Waals surface area contributed by atoms with Gasteiger partial charge in [-0.05, 0) is 43.5 Å². The molecule has 3 amide bonds. The summed E-state index contributed by atoms with van der Waals surface area (Å²) in [6.45, 7) is 4.18. The second kappa shape index (κ2) is 9.76. The molecule has 7 nitrogen and oxygen atoms in total. The van der Waals surface area contributed by atoms with Crippen molar-refractivity contribution in [3.63, 3.8) is 0 Å². The second-order valence-electron chi connectivity index (χ2n) is 8.94. The van der Waals surface area contributed by atoms with Crippen molar-refractivity contribution in [2.75, 3.05) is 18.5 Å². The van der Waals surface area contributed by atoms with E-state index in [1.807, 2.05) is 13.8 Å². The topological polar surface area (TPSA) is 98.7 Å². The molecule has 3 aliphatic rings. The zero-order valence-electron chi connectivity index (χ0n) is 18.6. The maximum atomic E-state index is 13.8. The lowest BCUT2D eigenvalue weighted by Crippen LogP contribution is -2.55. The highest BCUT2D eigenvalue weighted by molar-refractivity contribution is 9.09. The summed E-state index contributed by atoms with van der Waals surface area (Å²) in [6.07, 6.45) is 1.92. The molecule has 4 rings (SSSR count). The van der Waals surface area contributed by atoms with Gasteiger partial charge in [-0.3, -0.25) is 14.4 Å². The van der Waals surface area contributed by atoms with Crippen LogP contribution in [0.3, 0.4) is 0 Å². The fourth-order valence-corrected chi connectivity index (χ4v) is 9.31. The molecule has 3 heterocycles. The van der Waals surface area contributed by atoms with Gasteiger partial charge in [-0.15, -0.1) is 11.8 Å². The van der Waals surface area contributed by atoms with Crippen molar-refractivity contribution in [2.24, 2.45) is 11.8 Å². The molecule has 1 spiro atoms. The fraction of sp³-hybridized carbons (Fsp3) is 0.609. The lowest BCUT2D eigenvalue weighted by atomic mass is 9.70. The molecular formula is C23H29BrClN3O4S. The number of benzene rings is 1. The van der Waals surface area contributed by atoms with Gasteiger partial charge >= 0.3 is 0 Å². The van der Waals surface area contributed by atoms with Crippen LogP contribution in [0.1, 0.15) is 33.1 Å². The van der Waals surface area contributed by atoms with E-state index >= 15 is 0 Å². The number of thioether (sulfide) groups is 1. The summed E-state index contributed by atoms with van der Waals surface area (Å²) < 4.78 is -0.733. The molecule has 180 valence electrons. The molecule has 0 aliphatic carbocycles. The molecule has 3 fully saturated rings. The van der Waals surface area contributed by atoms with Gasteiger partial charge in [-0.25, -0.2) is 0 Å². The molecule has 7 atom stereocenters. The summed E-state index contributed by atoms with van der Waals surface area (Å²) in [5.41, 5.74) is 0.582. The van der Waals surface area contributed by atoms with Gasteiger partial charge in [0.1, 0.15) is 6.04 Å². The molecule has 0 saturated carbocycles. The number of aliphatic hydroxyl groups excluding tert-OH is 1. The number of carbonyl (C=O) groups is 3. The number of nitrogens with one attached hydrogen (secondary N) is 2. The van der Waals surface area contributed by atoms with Crippen LogP contribution < -0.4 is 10.6 Å². The first-order valence-corrected chi connectivity index (χ1v) is 13.5. The molecule has 0 aromatic heterocycles. The largest absolute Gasteiger partial charge is 0.394 e. The maximum absolute atomic E-state index is 13.8. The highest BCUT2D eigenvalue weighted by Gasteiger charge is 2.76. The van der Waals surface area contributed by atoms with Crippen LogP contribution in [0.5, 0.6) is 0 Å². The van der Waals surface area contributed by atoms with E-state index in [9.17, 15) is 19.5 Å². The minimum Gasteiger partial charge on any atom is -0.394 e. The van der Waals surface area contributed by atoms with E-state index in [1.165, 1.54) is 0 Å². The highest BCUT2D eigenvalue weighted by atomic mass is 79.9. The number of aliphatic hydroxyl groups is 1. The van der Waals surface area contributed by atoms with Crippen LogP contribution in [0.15, 0.2) is 24.3 Å². The van der Waals surface area contributed by atoms with Crippen molar-refractivity contribution in [1.82, 2.24) is 10.2 Å². The van der Waals surface area contributed by atoms with E-state index in [-0.39, 0.29) is 34.4 Å². The highest BCUT2D eigenvalue weighted by Crippen LogP contribution is 2.68. The van der Waals surface area contributed by atoms with Crippen molar-refractivity contribution in [3.8, 4) is 0 Å². The number of carbonyl (C=O) groups excluding carboxylic acids is 3. The Morgan fingerprint density at radius 1 is 1.30 bits per heavy atom. The lowest BCUT2D eigenvalue weighted by Gasteiger charge is -2.37. The first-order valence-electron chi connectivity index (χ1n) is 11.4. The Hall–Kier alpha value is -1.29. The Morgan fingerprint density at radius 3 is 2.61 bits per heavy atom. The molecule has 2 bridgehead atoms. The number of nitrogens with zero attached hydrogens (tertiary/aromatic N) is 1. The standard InChI is InChI=1S/C23H29BrClN3O4S/c1-3-9-26-20(30)16-17-22(32)28(14(4-2)11-29)19(23(17)10-15(24)18(16)33-23)21(31)27-13-7-5-12(25)6-8-13/h5-8,14-19,29H,3-4,9-11H2,1-2H3,(H,26,30)(H,27,31)/t14-,15?,16-,17-,18-,19?,23?/m0/s1. The van der Waals surface area contributed by atoms with E-state index in [4.69, 9.17) is 11.6 Å². The van der Waals surface area contributed by atoms with Gasteiger partial charge in [0, 0.05) is 27.3 Å². The number of hydrogen-bond donors (Lipinski definition) is 3. The van der Waals surface area contributed by atoms with E-state index < -0.39 is 28.7 Å². The maximum Gasteiger partial charge on any atom is 0.248 e. The third-order valence-electron chi connectivity index (χ3n) is 7.01. The fourth-order valence-electron chi connectivity index (χ4n) is 5.58. The predicted octanol–water partition coefficient (Wildman–Crippen LogP) is 3.04. The Kier molecular flexibility index (Phi) is 7.34. The van der Waals surface area contributed by atoms with Gasteiger partial charge in [-0.1, -0.05) is 41.4 Å². The summed E-state index contributed by atoms with van der Waals surface area (Å²) >= 11 is 11.3. The van der Waals surface area contributed by atoms with Crippen LogP contribution in [0, 0.1) is 11.8 Å². The van der Waals surface area contributed by atoms with Gasteiger partial charge in [0.05, 0.1) is 29.2 Å². The summed E-state index contributed by atoms with van der Waals surface area (Å²) in [6, 6.07) is 5.53. The zero-order valence-corrected chi connectivity index (χ0v) is 21.8. The Morgan fingerprint density at radius 2 is 2.00 bits per heavy atom. The number of halogens is 2. The van der Waals surface area contributed by atoms with Gasteiger partial charge in [-0.2, -0.15) is 0 Å². The van der Waals surface area contributed by atoms with E-state index in [2.05, 4.69) is 26.6 Å². The SMILES string of the molecule is CCCNC(=O)[C@H]1[C@H]2C(=O)N([C@@H](CC)CO)C(C(=O)Nc3ccc(Cl)cc3)C23CC(Br)[C@@H]1S3. The van der Waals surface area contributed by atoms with Crippen molar-refractivity contribution in [1.29, 1.82) is 0 Å². The van der Waals surface area contributed by atoms with Crippen LogP contribution in [0.2, 0.25) is 5.02 Å². The monoisotopic (exact) mass is 557 g/mol. The molecule has 1 aromatic rings. The summed E-state index contributed by atoms with van der Waals surface area (Å²) in [4.78, 5) is 42.3. The van der Waals surface area contributed by atoms with Crippen LogP contribution in [0.25, 0.3) is 0 Å². The average Bonchev–Trinajstić information content (AvgIpc) is 3.38. The molecule has 3 N–H and O–H groups in total. The molecule has 33 heavy (non-hydrogen) atoms. The molecule has 3 saturated heterocycles.